The fourth-order valence-corrected chi connectivity index (χ4v) is 2.71. The molecule has 0 amide bonds. The minimum absolute atomic E-state index is 0.355. The van der Waals surface area contributed by atoms with Crippen LogP contribution in [0.15, 0.2) is 18.2 Å². The molecule has 1 saturated carbocycles. The minimum Gasteiger partial charge on any atom is -0.207 e. The topological polar surface area (TPSA) is 0 Å². The van der Waals surface area contributed by atoms with E-state index in [1.807, 2.05) is 0 Å². The summed E-state index contributed by atoms with van der Waals surface area (Å²) in [6.45, 7) is 2.22. The van der Waals surface area contributed by atoms with Crippen molar-refractivity contribution in [2.24, 2.45) is 5.92 Å². The molecular weight excluding hydrogens is 206 g/mol. The fourth-order valence-electron chi connectivity index (χ4n) is 2.71. The smallest absolute Gasteiger partial charge is 0.126 e. The number of benzene rings is 1. The van der Waals surface area contributed by atoms with Crippen molar-refractivity contribution in [1.29, 1.82) is 0 Å². The molecule has 1 aliphatic rings. The van der Waals surface area contributed by atoms with Crippen LogP contribution in [0.25, 0.3) is 0 Å². The van der Waals surface area contributed by atoms with E-state index in [0.29, 0.717) is 5.92 Å². The molecule has 2 rings (SSSR count). The van der Waals surface area contributed by atoms with Gasteiger partial charge in [0.05, 0.1) is 0 Å². The van der Waals surface area contributed by atoms with Gasteiger partial charge in [-0.15, -0.1) is 0 Å². The van der Waals surface area contributed by atoms with Crippen molar-refractivity contribution in [2.45, 2.75) is 44.9 Å². The summed E-state index contributed by atoms with van der Waals surface area (Å²) < 4.78 is 26.2. The molecule has 0 nitrogen and oxygen atoms in total. The number of hydrogen-bond acceptors (Lipinski definition) is 0. The predicted molar refractivity (Wildman–Crippen MR) is 61.3 cm³/mol. The molecule has 0 radical (unpaired) electrons. The summed E-state index contributed by atoms with van der Waals surface area (Å²) >= 11 is 0. The van der Waals surface area contributed by atoms with Crippen molar-refractivity contribution < 1.29 is 8.78 Å². The van der Waals surface area contributed by atoms with Gasteiger partial charge in [0.1, 0.15) is 11.6 Å². The summed E-state index contributed by atoms with van der Waals surface area (Å²) in [6, 6.07) is 3.92. The van der Waals surface area contributed by atoms with Crippen LogP contribution in [0.1, 0.15) is 50.5 Å². The third-order valence-electron chi connectivity index (χ3n) is 3.78. The van der Waals surface area contributed by atoms with Gasteiger partial charge < -0.3 is 0 Å². The van der Waals surface area contributed by atoms with Crippen LogP contribution in [-0.4, -0.2) is 0 Å². The Labute approximate surface area is 95.7 Å². The molecule has 0 spiro atoms. The first kappa shape index (κ1) is 11.6. The van der Waals surface area contributed by atoms with E-state index in [1.54, 1.807) is 0 Å². The predicted octanol–water partition coefficient (Wildman–Crippen LogP) is 4.65. The van der Waals surface area contributed by atoms with Crippen molar-refractivity contribution in [1.82, 2.24) is 0 Å². The summed E-state index contributed by atoms with van der Waals surface area (Å²) in [7, 11) is 0. The van der Waals surface area contributed by atoms with E-state index in [4.69, 9.17) is 0 Å². The highest BCUT2D eigenvalue weighted by atomic mass is 19.1. The Bertz CT molecular complexity index is 332. The third-order valence-corrected chi connectivity index (χ3v) is 3.78. The molecule has 0 aromatic heterocycles. The van der Waals surface area contributed by atoms with Crippen LogP contribution in [0.3, 0.4) is 0 Å². The number of hydrogen-bond donors (Lipinski definition) is 0. The van der Waals surface area contributed by atoms with Crippen LogP contribution in [0.4, 0.5) is 8.78 Å². The van der Waals surface area contributed by atoms with Gasteiger partial charge in [-0.05, 0) is 55.2 Å². The van der Waals surface area contributed by atoms with Gasteiger partial charge in [-0.2, -0.15) is 0 Å². The molecule has 88 valence electrons. The SMILES string of the molecule is CCC1CCC(c2cc(F)cc(F)c2)CC1. The Hall–Kier alpha value is -0.920. The lowest BCUT2D eigenvalue weighted by molar-refractivity contribution is 0.318. The van der Waals surface area contributed by atoms with E-state index in [1.165, 1.54) is 31.4 Å². The Morgan fingerprint density at radius 2 is 1.56 bits per heavy atom. The maximum absolute atomic E-state index is 13.1. The summed E-state index contributed by atoms with van der Waals surface area (Å²) in [4.78, 5) is 0. The largest absolute Gasteiger partial charge is 0.207 e. The van der Waals surface area contributed by atoms with Crippen molar-refractivity contribution in [3.05, 3.63) is 35.4 Å². The lowest BCUT2D eigenvalue weighted by Crippen LogP contribution is -2.12. The maximum Gasteiger partial charge on any atom is 0.126 e. The second-order valence-electron chi connectivity index (χ2n) is 4.83. The molecule has 0 unspecified atom stereocenters. The normalized spacial score (nSPS) is 25.7. The van der Waals surface area contributed by atoms with Gasteiger partial charge in [0.15, 0.2) is 0 Å². The Morgan fingerprint density at radius 1 is 1.00 bits per heavy atom. The van der Waals surface area contributed by atoms with E-state index in [0.717, 1.165) is 30.4 Å². The first-order valence-corrected chi connectivity index (χ1v) is 6.15. The molecular formula is C14H18F2. The van der Waals surface area contributed by atoms with Crippen LogP contribution in [0.2, 0.25) is 0 Å². The van der Waals surface area contributed by atoms with E-state index < -0.39 is 11.6 Å². The second kappa shape index (κ2) is 4.94. The molecule has 1 aliphatic carbocycles. The van der Waals surface area contributed by atoms with E-state index in [2.05, 4.69) is 6.92 Å². The molecule has 0 N–H and O–H groups in total. The van der Waals surface area contributed by atoms with Crippen LogP contribution in [0.5, 0.6) is 0 Å². The molecule has 2 heteroatoms. The molecule has 0 atom stereocenters. The quantitative estimate of drug-likeness (QED) is 0.686. The Balaban J connectivity index is 2.08. The average Bonchev–Trinajstić information content (AvgIpc) is 2.28. The first-order chi connectivity index (χ1) is 7.69. The summed E-state index contributed by atoms with van der Waals surface area (Å²) in [5, 5.41) is 0. The molecule has 0 aliphatic heterocycles. The second-order valence-corrected chi connectivity index (χ2v) is 4.83. The highest BCUT2D eigenvalue weighted by Gasteiger charge is 2.21. The zero-order valence-electron chi connectivity index (χ0n) is 9.68. The monoisotopic (exact) mass is 224 g/mol. The van der Waals surface area contributed by atoms with E-state index in [-0.39, 0.29) is 0 Å². The fraction of sp³-hybridized carbons (Fsp3) is 0.571. The molecule has 0 heterocycles. The molecule has 1 fully saturated rings. The van der Waals surface area contributed by atoms with Gasteiger partial charge in [0, 0.05) is 6.07 Å². The van der Waals surface area contributed by atoms with Crippen LogP contribution >= 0.6 is 0 Å². The summed E-state index contributed by atoms with van der Waals surface area (Å²) in [5.41, 5.74) is 0.840. The molecule has 0 bridgehead atoms. The Kier molecular flexibility index (Phi) is 3.57. The standard InChI is InChI=1S/C14H18F2/c1-2-10-3-5-11(6-4-10)12-7-13(15)9-14(16)8-12/h7-11H,2-6H2,1H3. The number of rotatable bonds is 2. The van der Waals surface area contributed by atoms with Gasteiger partial charge in [-0.1, -0.05) is 13.3 Å². The van der Waals surface area contributed by atoms with Crippen molar-refractivity contribution in [3.63, 3.8) is 0 Å². The highest BCUT2D eigenvalue weighted by molar-refractivity contribution is 5.22. The average molecular weight is 224 g/mol. The molecule has 1 aromatic carbocycles. The zero-order valence-corrected chi connectivity index (χ0v) is 9.68. The maximum atomic E-state index is 13.1. The van der Waals surface area contributed by atoms with Gasteiger partial charge in [0.25, 0.3) is 0 Å². The molecule has 1 aromatic rings. The lowest BCUT2D eigenvalue weighted by Gasteiger charge is -2.28. The summed E-state index contributed by atoms with van der Waals surface area (Å²) in [6.07, 6.45) is 5.76. The van der Waals surface area contributed by atoms with Gasteiger partial charge in [-0.25, -0.2) is 8.78 Å². The zero-order chi connectivity index (χ0) is 11.5. The van der Waals surface area contributed by atoms with Crippen molar-refractivity contribution in [3.8, 4) is 0 Å². The third kappa shape index (κ3) is 2.60. The van der Waals surface area contributed by atoms with Crippen LogP contribution < -0.4 is 0 Å². The van der Waals surface area contributed by atoms with Crippen LogP contribution in [-0.2, 0) is 0 Å². The van der Waals surface area contributed by atoms with Gasteiger partial charge in [0.2, 0.25) is 0 Å². The van der Waals surface area contributed by atoms with E-state index >= 15 is 0 Å². The lowest BCUT2D eigenvalue weighted by atomic mass is 9.78. The Morgan fingerprint density at radius 3 is 2.06 bits per heavy atom. The molecule has 0 saturated heterocycles. The summed E-state index contributed by atoms with van der Waals surface area (Å²) in [5.74, 6) is 0.267. The van der Waals surface area contributed by atoms with Gasteiger partial charge in [-0.3, -0.25) is 0 Å². The van der Waals surface area contributed by atoms with Crippen molar-refractivity contribution in [2.75, 3.05) is 0 Å². The molecule has 16 heavy (non-hydrogen) atoms. The highest BCUT2D eigenvalue weighted by Crippen LogP contribution is 2.37. The first-order valence-electron chi connectivity index (χ1n) is 6.15. The van der Waals surface area contributed by atoms with Crippen LogP contribution in [0, 0.1) is 17.6 Å². The van der Waals surface area contributed by atoms with Gasteiger partial charge >= 0.3 is 0 Å². The number of halogens is 2. The van der Waals surface area contributed by atoms with E-state index in [9.17, 15) is 8.78 Å². The minimum atomic E-state index is -0.451. The van der Waals surface area contributed by atoms with Crippen molar-refractivity contribution >= 4 is 0 Å².